The molecule has 0 bridgehead atoms. The number of fused-ring (bicyclic) bond motifs is 1. The summed E-state index contributed by atoms with van der Waals surface area (Å²) < 4.78 is 5.41. The smallest absolute Gasteiger partial charge is 0.128 e. The highest BCUT2D eigenvalue weighted by atomic mass is 16.5. The van der Waals surface area contributed by atoms with Crippen LogP contribution in [0.25, 0.3) is 11.3 Å². The molecule has 1 aliphatic rings. The topological polar surface area (TPSA) is 39.2 Å². The highest BCUT2D eigenvalue weighted by Crippen LogP contribution is 2.36. The first-order valence-electron chi connectivity index (χ1n) is 7.33. The summed E-state index contributed by atoms with van der Waals surface area (Å²) in [6, 6.07) is 11.9. The van der Waals surface area contributed by atoms with Gasteiger partial charge in [0.2, 0.25) is 0 Å². The average molecular weight is 281 g/mol. The molecule has 2 unspecified atom stereocenters. The summed E-state index contributed by atoms with van der Waals surface area (Å²) in [5.41, 5.74) is 4.03. The van der Waals surface area contributed by atoms with Crippen LogP contribution in [0.4, 0.5) is 0 Å². The van der Waals surface area contributed by atoms with Crippen molar-refractivity contribution in [2.45, 2.75) is 25.7 Å². The summed E-state index contributed by atoms with van der Waals surface area (Å²) in [5, 5.41) is 0. The van der Waals surface area contributed by atoms with Crippen LogP contribution in [0.1, 0.15) is 30.5 Å². The molecule has 1 heterocycles. The zero-order valence-electron chi connectivity index (χ0n) is 12.4. The summed E-state index contributed by atoms with van der Waals surface area (Å²) in [7, 11) is 1.67. The molecule has 1 aromatic heterocycles. The van der Waals surface area contributed by atoms with Gasteiger partial charge in [0, 0.05) is 17.2 Å². The molecule has 0 saturated heterocycles. The van der Waals surface area contributed by atoms with E-state index in [0.717, 1.165) is 47.4 Å². The van der Waals surface area contributed by atoms with Crippen LogP contribution < -0.4 is 4.74 Å². The number of carbonyl (C=O) groups excluding carboxylic acids is 1. The summed E-state index contributed by atoms with van der Waals surface area (Å²) in [6.07, 6.45) is 3.01. The molecule has 0 aliphatic heterocycles. The van der Waals surface area contributed by atoms with Crippen molar-refractivity contribution in [1.82, 2.24) is 4.98 Å². The molecular formula is C18H19NO2. The van der Waals surface area contributed by atoms with Crippen molar-refractivity contribution in [1.29, 1.82) is 0 Å². The number of benzene rings is 1. The molecule has 0 radical (unpaired) electrons. The number of aromatic nitrogens is 1. The SMILES string of the molecule is COc1ccccc1-c1ccc2c(n1)CCC(C)C2C=O. The first kappa shape index (κ1) is 13.8. The van der Waals surface area contributed by atoms with E-state index < -0.39 is 0 Å². The maximum Gasteiger partial charge on any atom is 0.128 e. The number of hydrogen-bond donors (Lipinski definition) is 0. The zero-order valence-corrected chi connectivity index (χ0v) is 12.4. The second-order valence-electron chi connectivity index (χ2n) is 5.61. The van der Waals surface area contributed by atoms with Crippen LogP contribution >= 0.6 is 0 Å². The quantitative estimate of drug-likeness (QED) is 0.807. The van der Waals surface area contributed by atoms with Crippen LogP contribution in [0.2, 0.25) is 0 Å². The van der Waals surface area contributed by atoms with E-state index in [1.54, 1.807) is 7.11 Å². The number of aryl methyl sites for hydroxylation is 1. The molecule has 2 aromatic rings. The fourth-order valence-corrected chi connectivity index (χ4v) is 3.08. The number of hydrogen-bond acceptors (Lipinski definition) is 3. The van der Waals surface area contributed by atoms with Crippen LogP contribution in [-0.4, -0.2) is 18.4 Å². The van der Waals surface area contributed by atoms with E-state index in [2.05, 4.69) is 13.0 Å². The summed E-state index contributed by atoms with van der Waals surface area (Å²) in [5.74, 6) is 1.20. The zero-order chi connectivity index (χ0) is 14.8. The van der Waals surface area contributed by atoms with Gasteiger partial charge in [0.25, 0.3) is 0 Å². The standard InChI is InChI=1S/C18H19NO2/c1-12-7-9-16-13(15(12)11-20)8-10-17(19-16)14-5-3-4-6-18(14)21-2/h3-6,8,10-12,15H,7,9H2,1-2H3. The van der Waals surface area contributed by atoms with Crippen molar-refractivity contribution in [2.75, 3.05) is 7.11 Å². The highest BCUT2D eigenvalue weighted by Gasteiger charge is 2.27. The van der Waals surface area contributed by atoms with Crippen LogP contribution in [0.3, 0.4) is 0 Å². The van der Waals surface area contributed by atoms with Gasteiger partial charge in [0.15, 0.2) is 0 Å². The molecule has 1 aromatic carbocycles. The van der Waals surface area contributed by atoms with Crippen molar-refractivity contribution in [3.63, 3.8) is 0 Å². The van der Waals surface area contributed by atoms with Crippen LogP contribution in [0, 0.1) is 5.92 Å². The Bertz CT molecular complexity index is 666. The van der Waals surface area contributed by atoms with Crippen molar-refractivity contribution in [3.8, 4) is 17.0 Å². The lowest BCUT2D eigenvalue weighted by Crippen LogP contribution is -2.20. The lowest BCUT2D eigenvalue weighted by Gasteiger charge is -2.27. The predicted molar refractivity (Wildman–Crippen MR) is 82.5 cm³/mol. The van der Waals surface area contributed by atoms with Gasteiger partial charge in [-0.1, -0.05) is 25.1 Å². The van der Waals surface area contributed by atoms with Gasteiger partial charge in [-0.2, -0.15) is 0 Å². The first-order valence-corrected chi connectivity index (χ1v) is 7.33. The van der Waals surface area contributed by atoms with Crippen molar-refractivity contribution >= 4 is 6.29 Å². The molecular weight excluding hydrogens is 262 g/mol. The van der Waals surface area contributed by atoms with Gasteiger partial charge in [-0.25, -0.2) is 0 Å². The fourth-order valence-electron chi connectivity index (χ4n) is 3.08. The number of aldehydes is 1. The largest absolute Gasteiger partial charge is 0.496 e. The van der Waals surface area contributed by atoms with Crippen LogP contribution in [0.5, 0.6) is 5.75 Å². The van der Waals surface area contributed by atoms with E-state index in [9.17, 15) is 4.79 Å². The van der Waals surface area contributed by atoms with Crippen molar-refractivity contribution in [3.05, 3.63) is 47.7 Å². The van der Waals surface area contributed by atoms with Gasteiger partial charge in [0.1, 0.15) is 12.0 Å². The number of pyridine rings is 1. The van der Waals surface area contributed by atoms with Gasteiger partial charge < -0.3 is 9.53 Å². The molecule has 0 fully saturated rings. The second kappa shape index (κ2) is 5.68. The van der Waals surface area contributed by atoms with E-state index >= 15 is 0 Å². The molecule has 21 heavy (non-hydrogen) atoms. The number of para-hydroxylation sites is 1. The third-order valence-corrected chi connectivity index (χ3v) is 4.35. The average Bonchev–Trinajstić information content (AvgIpc) is 2.54. The molecule has 1 aliphatic carbocycles. The minimum atomic E-state index is -0.0204. The fraction of sp³-hybridized carbons (Fsp3) is 0.333. The number of rotatable bonds is 3. The lowest BCUT2D eigenvalue weighted by atomic mass is 9.78. The normalized spacial score (nSPS) is 20.7. The molecule has 0 N–H and O–H groups in total. The van der Waals surface area contributed by atoms with Crippen molar-refractivity contribution in [2.24, 2.45) is 5.92 Å². The summed E-state index contributed by atoms with van der Waals surface area (Å²) in [4.78, 5) is 16.1. The lowest BCUT2D eigenvalue weighted by molar-refractivity contribution is -0.110. The van der Waals surface area contributed by atoms with E-state index in [4.69, 9.17) is 9.72 Å². The maximum absolute atomic E-state index is 11.3. The van der Waals surface area contributed by atoms with Crippen LogP contribution in [0.15, 0.2) is 36.4 Å². The molecule has 0 spiro atoms. The van der Waals surface area contributed by atoms with E-state index in [-0.39, 0.29) is 5.92 Å². The minimum Gasteiger partial charge on any atom is -0.496 e. The Labute approximate surface area is 125 Å². The molecule has 2 atom stereocenters. The number of carbonyl (C=O) groups is 1. The molecule has 0 amide bonds. The van der Waals surface area contributed by atoms with Gasteiger partial charge in [-0.3, -0.25) is 4.98 Å². The van der Waals surface area contributed by atoms with E-state index in [0.29, 0.717) is 5.92 Å². The third kappa shape index (κ3) is 2.44. The van der Waals surface area contributed by atoms with E-state index in [1.807, 2.05) is 30.3 Å². The Morgan fingerprint density at radius 1 is 1.24 bits per heavy atom. The van der Waals surface area contributed by atoms with Gasteiger partial charge in [-0.15, -0.1) is 0 Å². The molecule has 108 valence electrons. The summed E-state index contributed by atoms with van der Waals surface area (Å²) in [6.45, 7) is 2.14. The number of nitrogens with zero attached hydrogens (tertiary/aromatic N) is 1. The molecule has 3 rings (SSSR count). The molecule has 3 nitrogen and oxygen atoms in total. The monoisotopic (exact) mass is 281 g/mol. The maximum atomic E-state index is 11.3. The predicted octanol–water partition coefficient (Wildman–Crippen LogP) is 3.62. The minimum absolute atomic E-state index is 0.0204. The molecule has 3 heteroatoms. The van der Waals surface area contributed by atoms with Gasteiger partial charge in [0.05, 0.1) is 12.8 Å². The number of ether oxygens (including phenoxy) is 1. The van der Waals surface area contributed by atoms with E-state index in [1.165, 1.54) is 0 Å². The Balaban J connectivity index is 2.06. The molecule has 0 saturated carbocycles. The highest BCUT2D eigenvalue weighted by molar-refractivity contribution is 5.69. The van der Waals surface area contributed by atoms with Gasteiger partial charge >= 0.3 is 0 Å². The summed E-state index contributed by atoms with van der Waals surface area (Å²) >= 11 is 0. The third-order valence-electron chi connectivity index (χ3n) is 4.35. The Morgan fingerprint density at radius 3 is 2.81 bits per heavy atom. The first-order chi connectivity index (χ1) is 10.2. The van der Waals surface area contributed by atoms with Crippen molar-refractivity contribution < 1.29 is 9.53 Å². The van der Waals surface area contributed by atoms with Crippen LogP contribution in [-0.2, 0) is 11.2 Å². The Kier molecular flexibility index (Phi) is 3.74. The Morgan fingerprint density at radius 2 is 2.05 bits per heavy atom. The number of methoxy groups -OCH3 is 1. The van der Waals surface area contributed by atoms with Gasteiger partial charge in [-0.05, 0) is 42.5 Å². The second-order valence-corrected chi connectivity index (χ2v) is 5.61. The Hall–Kier alpha value is -2.16.